The topological polar surface area (TPSA) is 47.4 Å². The van der Waals surface area contributed by atoms with E-state index in [0.717, 1.165) is 39.4 Å². The second-order valence-electron chi connectivity index (χ2n) is 9.65. The second kappa shape index (κ2) is 11.4. The number of benzene rings is 3. The van der Waals surface area contributed by atoms with E-state index in [1.807, 2.05) is 95.8 Å². The first kappa shape index (κ1) is 25.9. The number of thiocarbonyl (C=S) groups is 1. The van der Waals surface area contributed by atoms with Gasteiger partial charge in [-0.3, -0.25) is 9.69 Å². The van der Waals surface area contributed by atoms with Gasteiger partial charge in [-0.2, -0.15) is 5.10 Å². The molecule has 0 aliphatic carbocycles. The van der Waals surface area contributed by atoms with Gasteiger partial charge in [-0.25, -0.2) is 4.68 Å². The molecule has 3 aromatic carbocycles. The van der Waals surface area contributed by atoms with Gasteiger partial charge in [-0.05, 0) is 60.4 Å². The van der Waals surface area contributed by atoms with E-state index >= 15 is 0 Å². The van der Waals surface area contributed by atoms with Crippen molar-refractivity contribution >= 4 is 40.3 Å². The maximum Gasteiger partial charge on any atom is 0.266 e. The van der Waals surface area contributed by atoms with Gasteiger partial charge in [0.1, 0.15) is 15.8 Å². The molecular formula is C31H29N3O2S2. The largest absolute Gasteiger partial charge is 0.493 e. The second-order valence-corrected chi connectivity index (χ2v) is 11.3. The molecule has 1 fully saturated rings. The normalized spacial score (nSPS) is 14.6. The molecule has 5 nitrogen and oxygen atoms in total. The summed E-state index contributed by atoms with van der Waals surface area (Å²) in [4.78, 5) is 15.6. The third-order valence-corrected chi connectivity index (χ3v) is 7.52. The summed E-state index contributed by atoms with van der Waals surface area (Å²) < 4.78 is 8.35. The van der Waals surface area contributed by atoms with Crippen molar-refractivity contribution in [2.45, 2.75) is 27.3 Å². The van der Waals surface area contributed by atoms with Crippen molar-refractivity contribution in [2.24, 2.45) is 5.92 Å². The molecule has 0 bridgehead atoms. The molecule has 5 rings (SSSR count). The van der Waals surface area contributed by atoms with E-state index in [4.69, 9.17) is 22.1 Å². The van der Waals surface area contributed by atoms with Crippen LogP contribution in [-0.2, 0) is 11.3 Å². The molecule has 0 saturated carbocycles. The number of nitrogens with zero attached hydrogens (tertiary/aromatic N) is 3. The number of aromatic nitrogens is 2. The molecule has 192 valence electrons. The summed E-state index contributed by atoms with van der Waals surface area (Å²) in [5.41, 5.74) is 5.68. The molecule has 2 heterocycles. The van der Waals surface area contributed by atoms with Gasteiger partial charge in [-0.1, -0.05) is 86.4 Å². The predicted molar refractivity (Wildman–Crippen MR) is 159 cm³/mol. The average molecular weight is 540 g/mol. The lowest BCUT2D eigenvalue weighted by Gasteiger charge is -2.14. The highest BCUT2D eigenvalue weighted by atomic mass is 32.2. The smallest absolute Gasteiger partial charge is 0.266 e. The highest BCUT2D eigenvalue weighted by Gasteiger charge is 2.32. The Labute approximate surface area is 233 Å². The van der Waals surface area contributed by atoms with E-state index in [1.54, 1.807) is 4.90 Å². The SMILES string of the molecule is Cc1cc(OCC(C)C)ccc1-c1nn(-c2ccccc2)cc1C=C1SC(=S)N(Cc2ccccc2)C1=O. The first-order valence-electron chi connectivity index (χ1n) is 12.6. The molecule has 4 aromatic rings. The molecule has 0 radical (unpaired) electrons. The van der Waals surface area contributed by atoms with Crippen LogP contribution in [0.4, 0.5) is 0 Å². The van der Waals surface area contributed by atoms with E-state index in [1.165, 1.54) is 11.8 Å². The zero-order valence-corrected chi connectivity index (χ0v) is 23.3. The fourth-order valence-electron chi connectivity index (χ4n) is 4.21. The molecule has 38 heavy (non-hydrogen) atoms. The molecule has 0 spiro atoms. The van der Waals surface area contributed by atoms with Gasteiger partial charge in [0.2, 0.25) is 0 Å². The van der Waals surface area contributed by atoms with Gasteiger partial charge in [0.05, 0.1) is 23.7 Å². The zero-order valence-electron chi connectivity index (χ0n) is 21.6. The van der Waals surface area contributed by atoms with Crippen LogP contribution in [0.2, 0.25) is 0 Å². The van der Waals surface area contributed by atoms with Crippen molar-refractivity contribution in [3.8, 4) is 22.7 Å². The van der Waals surface area contributed by atoms with Gasteiger partial charge in [0.15, 0.2) is 0 Å². The Bertz CT molecular complexity index is 1490. The number of hydrogen-bond donors (Lipinski definition) is 0. The van der Waals surface area contributed by atoms with Gasteiger partial charge >= 0.3 is 0 Å². The van der Waals surface area contributed by atoms with Crippen LogP contribution < -0.4 is 4.74 Å². The highest BCUT2D eigenvalue weighted by Crippen LogP contribution is 2.36. The Balaban J connectivity index is 1.51. The summed E-state index contributed by atoms with van der Waals surface area (Å²) in [6.45, 7) is 7.44. The van der Waals surface area contributed by atoms with Crippen LogP contribution in [0.1, 0.15) is 30.5 Å². The van der Waals surface area contributed by atoms with Crippen molar-refractivity contribution in [1.29, 1.82) is 0 Å². The van der Waals surface area contributed by atoms with Crippen LogP contribution in [-0.4, -0.2) is 31.5 Å². The fourth-order valence-corrected chi connectivity index (χ4v) is 5.46. The van der Waals surface area contributed by atoms with Crippen LogP contribution in [0.5, 0.6) is 5.75 Å². The van der Waals surface area contributed by atoms with Crippen molar-refractivity contribution < 1.29 is 9.53 Å². The third-order valence-electron chi connectivity index (χ3n) is 6.14. The van der Waals surface area contributed by atoms with Crippen LogP contribution in [0, 0.1) is 12.8 Å². The molecule has 1 aliphatic rings. The Morgan fingerprint density at radius 1 is 1.03 bits per heavy atom. The summed E-state index contributed by atoms with van der Waals surface area (Å²) >= 11 is 6.92. The summed E-state index contributed by atoms with van der Waals surface area (Å²) in [5, 5.41) is 4.95. The van der Waals surface area contributed by atoms with Gasteiger partial charge < -0.3 is 4.74 Å². The molecule has 1 saturated heterocycles. The number of amides is 1. The van der Waals surface area contributed by atoms with Gasteiger partial charge in [0.25, 0.3) is 5.91 Å². The van der Waals surface area contributed by atoms with Crippen LogP contribution in [0.15, 0.2) is 90.0 Å². The number of carbonyl (C=O) groups is 1. The molecule has 0 atom stereocenters. The first-order chi connectivity index (χ1) is 18.4. The minimum absolute atomic E-state index is 0.0866. The van der Waals surface area contributed by atoms with Crippen molar-refractivity contribution in [1.82, 2.24) is 14.7 Å². The summed E-state index contributed by atoms with van der Waals surface area (Å²) in [5.74, 6) is 1.20. The Hall–Kier alpha value is -3.68. The van der Waals surface area contributed by atoms with Crippen LogP contribution >= 0.6 is 24.0 Å². The van der Waals surface area contributed by atoms with Crippen LogP contribution in [0.3, 0.4) is 0 Å². The Morgan fingerprint density at radius 2 is 1.74 bits per heavy atom. The number of aryl methyl sites for hydroxylation is 1. The number of hydrogen-bond acceptors (Lipinski definition) is 5. The van der Waals surface area contributed by atoms with Gasteiger partial charge in [0, 0.05) is 17.3 Å². The molecule has 0 unspecified atom stereocenters. The van der Waals surface area contributed by atoms with Crippen molar-refractivity contribution in [2.75, 3.05) is 6.61 Å². The van der Waals surface area contributed by atoms with E-state index in [9.17, 15) is 4.79 Å². The van der Waals surface area contributed by atoms with E-state index < -0.39 is 0 Å². The highest BCUT2D eigenvalue weighted by molar-refractivity contribution is 8.26. The lowest BCUT2D eigenvalue weighted by atomic mass is 10.0. The maximum absolute atomic E-state index is 13.4. The number of ether oxygens (including phenoxy) is 1. The molecule has 0 N–H and O–H groups in total. The zero-order chi connectivity index (χ0) is 26.6. The third kappa shape index (κ3) is 5.74. The summed E-state index contributed by atoms with van der Waals surface area (Å²) in [6, 6.07) is 25.9. The number of carbonyl (C=O) groups excluding carboxylic acids is 1. The minimum atomic E-state index is -0.0866. The fraction of sp³-hybridized carbons (Fsp3) is 0.194. The Kier molecular flexibility index (Phi) is 7.77. The Morgan fingerprint density at radius 3 is 2.42 bits per heavy atom. The quantitative estimate of drug-likeness (QED) is 0.174. The lowest BCUT2D eigenvalue weighted by molar-refractivity contribution is -0.122. The van der Waals surface area contributed by atoms with Crippen molar-refractivity contribution in [3.05, 3.63) is 107 Å². The molecule has 1 aliphatic heterocycles. The first-order valence-corrected chi connectivity index (χ1v) is 13.8. The molecule has 1 amide bonds. The van der Waals surface area contributed by atoms with Crippen molar-refractivity contribution in [3.63, 3.8) is 0 Å². The monoisotopic (exact) mass is 539 g/mol. The minimum Gasteiger partial charge on any atom is -0.493 e. The molecule has 1 aromatic heterocycles. The van der Waals surface area contributed by atoms with E-state index in [-0.39, 0.29) is 5.91 Å². The lowest BCUT2D eigenvalue weighted by Crippen LogP contribution is -2.27. The van der Waals surface area contributed by atoms with Crippen LogP contribution in [0.25, 0.3) is 23.0 Å². The average Bonchev–Trinajstić information content (AvgIpc) is 3.45. The maximum atomic E-state index is 13.4. The van der Waals surface area contributed by atoms with E-state index in [2.05, 4.69) is 20.8 Å². The summed E-state index contributed by atoms with van der Waals surface area (Å²) in [7, 11) is 0. The summed E-state index contributed by atoms with van der Waals surface area (Å²) in [6.07, 6.45) is 3.88. The predicted octanol–water partition coefficient (Wildman–Crippen LogP) is 7.28. The molecule has 7 heteroatoms. The van der Waals surface area contributed by atoms with Gasteiger partial charge in [-0.15, -0.1) is 0 Å². The number of thioether (sulfide) groups is 1. The number of para-hydroxylation sites is 1. The van der Waals surface area contributed by atoms with E-state index in [0.29, 0.717) is 28.3 Å². The number of rotatable bonds is 8. The standard InChI is InChI=1S/C31H29N3O2S2/c1-21(2)20-36-26-14-15-27(22(3)16-26)29-24(19-34(32-29)25-12-8-5-9-13-25)17-28-30(35)33(31(37)38-28)18-23-10-6-4-7-11-23/h4-17,19,21H,18,20H2,1-3H3. The molecular weight excluding hydrogens is 510 g/mol.